The maximum atomic E-state index is 11.6. The van der Waals surface area contributed by atoms with E-state index in [9.17, 15) is 27.7 Å². The van der Waals surface area contributed by atoms with Crippen molar-refractivity contribution in [3.8, 4) is 0 Å². The summed E-state index contributed by atoms with van der Waals surface area (Å²) in [5, 5.41) is 18.1. The Kier molecular flexibility index (Phi) is 7.15. The zero-order valence-corrected chi connectivity index (χ0v) is 12.5. The Morgan fingerprint density at radius 2 is 1.70 bits per heavy atom. The van der Waals surface area contributed by atoms with Gasteiger partial charge in [0.15, 0.2) is 0 Å². The van der Waals surface area contributed by atoms with Crippen LogP contribution in [0, 0.1) is 5.92 Å². The van der Waals surface area contributed by atoms with Gasteiger partial charge in [0, 0.05) is 0 Å². The number of aliphatic carboxylic acids is 2. The summed E-state index contributed by atoms with van der Waals surface area (Å²) in [7, 11) is -5.05. The van der Waals surface area contributed by atoms with Crippen LogP contribution in [0.5, 0.6) is 0 Å². The molecule has 8 heteroatoms. The molecule has 0 bridgehead atoms. The van der Waals surface area contributed by atoms with Crippen molar-refractivity contribution in [2.24, 2.45) is 5.92 Å². The van der Waals surface area contributed by atoms with Crippen LogP contribution in [0.2, 0.25) is 0 Å². The van der Waals surface area contributed by atoms with Crippen molar-refractivity contribution < 1.29 is 32.8 Å². The molecule has 0 rings (SSSR count). The third-order valence-electron chi connectivity index (χ3n) is 3.54. The molecule has 2 unspecified atom stereocenters. The van der Waals surface area contributed by atoms with Crippen LogP contribution in [-0.2, 0) is 19.7 Å². The molecule has 0 aliphatic rings. The van der Waals surface area contributed by atoms with Gasteiger partial charge in [0.25, 0.3) is 10.1 Å². The second-order valence-corrected chi connectivity index (χ2v) is 6.52. The van der Waals surface area contributed by atoms with Crippen LogP contribution in [0.4, 0.5) is 0 Å². The second kappa shape index (κ2) is 7.58. The van der Waals surface area contributed by atoms with Crippen molar-refractivity contribution in [3.05, 3.63) is 0 Å². The molecule has 0 fully saturated rings. The predicted molar refractivity (Wildman–Crippen MR) is 72.1 cm³/mol. The average molecular weight is 310 g/mol. The average Bonchev–Trinajstić information content (AvgIpc) is 2.30. The third-order valence-corrected chi connectivity index (χ3v) is 5.12. The monoisotopic (exact) mass is 310 g/mol. The molecule has 0 radical (unpaired) electrons. The zero-order valence-electron chi connectivity index (χ0n) is 11.7. The highest BCUT2D eigenvalue weighted by atomic mass is 32.2. The van der Waals surface area contributed by atoms with Crippen LogP contribution in [0.1, 0.15) is 52.4 Å². The van der Waals surface area contributed by atoms with Crippen molar-refractivity contribution in [1.29, 1.82) is 0 Å². The van der Waals surface area contributed by atoms with Crippen molar-refractivity contribution in [3.63, 3.8) is 0 Å². The van der Waals surface area contributed by atoms with E-state index in [1.165, 1.54) is 0 Å². The van der Waals surface area contributed by atoms with Gasteiger partial charge in [-0.05, 0) is 12.3 Å². The number of hydrogen-bond acceptors (Lipinski definition) is 4. The van der Waals surface area contributed by atoms with Crippen LogP contribution >= 0.6 is 0 Å². The van der Waals surface area contributed by atoms with E-state index in [0.29, 0.717) is 6.42 Å². The molecule has 7 nitrogen and oxygen atoms in total. The minimum atomic E-state index is -5.05. The summed E-state index contributed by atoms with van der Waals surface area (Å²) < 4.78 is 29.8. The van der Waals surface area contributed by atoms with Crippen LogP contribution in [0.25, 0.3) is 0 Å². The van der Waals surface area contributed by atoms with Gasteiger partial charge in [-0.25, -0.2) is 0 Å². The van der Waals surface area contributed by atoms with Crippen LogP contribution in [0.15, 0.2) is 0 Å². The van der Waals surface area contributed by atoms with Gasteiger partial charge in [0.2, 0.25) is 4.75 Å². The standard InChI is InChI=1S/C12H22O7S/c1-3-5-6-7-9(4-2)12(11(15)16,8-10(13)14)20(17,18)19/h9H,3-8H2,1-2H3,(H,13,14)(H,15,16)(H,17,18,19). The number of carboxylic acids is 2. The Balaban J connectivity index is 5.67. The summed E-state index contributed by atoms with van der Waals surface area (Å²) in [6.07, 6.45) is 1.48. The number of hydrogen-bond donors (Lipinski definition) is 3. The maximum absolute atomic E-state index is 11.6. The van der Waals surface area contributed by atoms with Gasteiger partial charge in [-0.1, -0.05) is 39.5 Å². The summed E-state index contributed by atoms with van der Waals surface area (Å²) in [5.74, 6) is -4.33. The number of unbranched alkanes of at least 4 members (excludes halogenated alkanes) is 2. The molecular formula is C12H22O7S. The lowest BCUT2D eigenvalue weighted by Gasteiger charge is -2.32. The molecule has 2 atom stereocenters. The smallest absolute Gasteiger partial charge is 0.328 e. The van der Waals surface area contributed by atoms with Gasteiger partial charge >= 0.3 is 11.9 Å². The minimum Gasteiger partial charge on any atom is -0.481 e. The molecule has 0 aliphatic carbocycles. The maximum Gasteiger partial charge on any atom is 0.328 e. The fourth-order valence-electron chi connectivity index (χ4n) is 2.44. The van der Waals surface area contributed by atoms with Crippen LogP contribution in [-0.4, -0.2) is 39.9 Å². The van der Waals surface area contributed by atoms with E-state index in [-0.39, 0.29) is 12.8 Å². The molecule has 118 valence electrons. The van der Waals surface area contributed by atoms with Crippen LogP contribution < -0.4 is 0 Å². The molecule has 0 spiro atoms. The van der Waals surface area contributed by atoms with E-state index in [1.54, 1.807) is 6.92 Å². The lowest BCUT2D eigenvalue weighted by molar-refractivity contribution is -0.148. The SMILES string of the molecule is CCCCCC(CC)C(CC(=O)O)(C(=O)O)S(=O)(=O)O. The van der Waals surface area contributed by atoms with Gasteiger partial charge in [0.05, 0.1) is 6.42 Å². The van der Waals surface area contributed by atoms with Gasteiger partial charge in [0.1, 0.15) is 0 Å². The molecule has 0 aromatic rings. The predicted octanol–water partition coefficient (Wildman–Crippen LogP) is 1.78. The fourth-order valence-corrected chi connectivity index (χ4v) is 3.67. The zero-order chi connectivity index (χ0) is 16.0. The first-order chi connectivity index (χ1) is 9.13. The number of carboxylic acid groups (broad SMARTS) is 2. The summed E-state index contributed by atoms with van der Waals surface area (Å²) in [5.41, 5.74) is 0. The Labute approximate surface area is 118 Å². The van der Waals surface area contributed by atoms with Crippen molar-refractivity contribution in [2.75, 3.05) is 0 Å². The Bertz CT molecular complexity index is 443. The van der Waals surface area contributed by atoms with Gasteiger partial charge < -0.3 is 10.2 Å². The fraction of sp³-hybridized carbons (Fsp3) is 0.833. The van der Waals surface area contributed by atoms with Gasteiger partial charge in [-0.2, -0.15) is 8.42 Å². The highest BCUT2D eigenvalue weighted by molar-refractivity contribution is 7.88. The van der Waals surface area contributed by atoms with E-state index in [1.807, 2.05) is 6.92 Å². The van der Waals surface area contributed by atoms with E-state index >= 15 is 0 Å². The van der Waals surface area contributed by atoms with E-state index in [0.717, 1.165) is 12.8 Å². The third kappa shape index (κ3) is 4.17. The Morgan fingerprint density at radius 1 is 1.15 bits per heavy atom. The highest BCUT2D eigenvalue weighted by Crippen LogP contribution is 2.36. The van der Waals surface area contributed by atoms with Crippen molar-refractivity contribution in [2.45, 2.75) is 57.1 Å². The molecule has 0 aliphatic heterocycles. The minimum absolute atomic E-state index is 0.156. The Hall–Kier alpha value is -1.15. The number of carbonyl (C=O) groups is 2. The summed E-state index contributed by atoms with van der Waals surface area (Å²) in [4.78, 5) is 22.3. The van der Waals surface area contributed by atoms with E-state index in [4.69, 9.17) is 5.11 Å². The first-order valence-electron chi connectivity index (χ1n) is 6.55. The molecule has 20 heavy (non-hydrogen) atoms. The summed E-state index contributed by atoms with van der Waals surface area (Å²) >= 11 is 0. The Morgan fingerprint density at radius 3 is 2.00 bits per heavy atom. The molecule has 3 N–H and O–H groups in total. The summed E-state index contributed by atoms with van der Waals surface area (Å²) in [6, 6.07) is 0. The number of rotatable bonds is 10. The molecule has 0 amide bonds. The van der Waals surface area contributed by atoms with Gasteiger partial charge in [-0.3, -0.25) is 14.1 Å². The lowest BCUT2D eigenvalue weighted by atomic mass is 9.82. The normalized spacial score (nSPS) is 16.4. The second-order valence-electron chi connectivity index (χ2n) is 4.84. The van der Waals surface area contributed by atoms with Crippen LogP contribution in [0.3, 0.4) is 0 Å². The van der Waals surface area contributed by atoms with Crippen molar-refractivity contribution in [1.82, 2.24) is 0 Å². The molecular weight excluding hydrogens is 288 g/mol. The van der Waals surface area contributed by atoms with Gasteiger partial charge in [-0.15, -0.1) is 0 Å². The molecule has 0 aromatic heterocycles. The lowest BCUT2D eigenvalue weighted by Crippen LogP contribution is -2.53. The van der Waals surface area contributed by atoms with E-state index in [2.05, 4.69) is 0 Å². The van der Waals surface area contributed by atoms with Crippen molar-refractivity contribution >= 4 is 22.1 Å². The largest absolute Gasteiger partial charge is 0.481 e. The molecule has 0 saturated heterocycles. The highest BCUT2D eigenvalue weighted by Gasteiger charge is 2.57. The topological polar surface area (TPSA) is 129 Å². The molecule has 0 saturated carbocycles. The summed E-state index contributed by atoms with van der Waals surface area (Å²) in [6.45, 7) is 3.52. The first-order valence-corrected chi connectivity index (χ1v) is 7.99. The first kappa shape index (κ1) is 18.9. The quantitative estimate of drug-likeness (QED) is 0.414. The van der Waals surface area contributed by atoms with E-state index < -0.39 is 39.1 Å². The molecule has 0 aromatic carbocycles. The molecule has 0 heterocycles.